The van der Waals surface area contributed by atoms with Gasteiger partial charge in [0, 0.05) is 12.3 Å². The summed E-state index contributed by atoms with van der Waals surface area (Å²) in [6.45, 7) is 6.13. The van der Waals surface area contributed by atoms with Crippen LogP contribution in [0.4, 0.5) is 0 Å². The van der Waals surface area contributed by atoms with Crippen LogP contribution >= 0.6 is 23.4 Å². The molecular formula is C11H20ClN3S. The number of aryl methyl sites for hydroxylation is 1. The van der Waals surface area contributed by atoms with E-state index in [1.54, 1.807) is 6.20 Å². The second-order valence-corrected chi connectivity index (χ2v) is 4.98. The maximum Gasteiger partial charge on any atom is 0.0834 e. The Hall–Kier alpha value is -0.190. The lowest BCUT2D eigenvalue weighted by Crippen LogP contribution is -2.26. The number of halogens is 1. The molecule has 0 aliphatic rings. The fraction of sp³-hybridized carbons (Fsp3) is 0.727. The van der Waals surface area contributed by atoms with Crippen LogP contribution in [0.25, 0.3) is 0 Å². The molecule has 0 aliphatic carbocycles. The number of thioether (sulfide) groups is 1. The van der Waals surface area contributed by atoms with E-state index in [4.69, 9.17) is 11.6 Å². The molecule has 0 amide bonds. The third-order valence-electron chi connectivity index (χ3n) is 2.38. The highest BCUT2D eigenvalue weighted by atomic mass is 35.5. The Balaban J connectivity index is 2.91. The van der Waals surface area contributed by atoms with Gasteiger partial charge in [-0.05, 0) is 19.2 Å². The quantitative estimate of drug-likeness (QED) is 0.819. The van der Waals surface area contributed by atoms with Gasteiger partial charge in [-0.1, -0.05) is 25.4 Å². The highest BCUT2D eigenvalue weighted by molar-refractivity contribution is 7.98. The van der Waals surface area contributed by atoms with Crippen LogP contribution in [-0.4, -0.2) is 28.3 Å². The first-order chi connectivity index (χ1) is 7.74. The third-order valence-corrected chi connectivity index (χ3v) is 3.34. The van der Waals surface area contributed by atoms with Gasteiger partial charge in [-0.25, -0.2) is 0 Å². The topological polar surface area (TPSA) is 29.9 Å². The first-order valence-corrected chi connectivity index (χ1v) is 7.45. The molecule has 1 aromatic heterocycles. The summed E-state index contributed by atoms with van der Waals surface area (Å²) in [6.07, 6.45) is 4.93. The monoisotopic (exact) mass is 261 g/mol. The first-order valence-electron chi connectivity index (χ1n) is 5.68. The van der Waals surface area contributed by atoms with E-state index < -0.39 is 0 Å². The van der Waals surface area contributed by atoms with E-state index in [0.717, 1.165) is 36.0 Å². The van der Waals surface area contributed by atoms with Crippen LogP contribution < -0.4 is 5.32 Å². The minimum atomic E-state index is 0.293. The smallest absolute Gasteiger partial charge is 0.0834 e. The zero-order valence-electron chi connectivity index (χ0n) is 10.2. The fourth-order valence-corrected chi connectivity index (χ4v) is 2.64. The van der Waals surface area contributed by atoms with Gasteiger partial charge in [0.25, 0.3) is 0 Å². The summed E-state index contributed by atoms with van der Waals surface area (Å²) in [6, 6.07) is 0.293. The molecular weight excluding hydrogens is 242 g/mol. The molecule has 1 rings (SSSR count). The highest BCUT2D eigenvalue weighted by Gasteiger charge is 2.18. The second kappa shape index (κ2) is 7.20. The SMILES string of the molecule is CCCn1ncc(Cl)c1C(CSC)NCC. The molecule has 0 bridgehead atoms. The van der Waals surface area contributed by atoms with Crippen molar-refractivity contribution >= 4 is 23.4 Å². The van der Waals surface area contributed by atoms with Gasteiger partial charge in [-0.2, -0.15) is 16.9 Å². The zero-order chi connectivity index (χ0) is 12.0. The molecule has 5 heteroatoms. The number of rotatable bonds is 7. The van der Waals surface area contributed by atoms with Gasteiger partial charge in [0.05, 0.1) is 23.0 Å². The van der Waals surface area contributed by atoms with Gasteiger partial charge in [0.2, 0.25) is 0 Å². The Morgan fingerprint density at radius 1 is 1.56 bits per heavy atom. The zero-order valence-corrected chi connectivity index (χ0v) is 11.7. The molecule has 92 valence electrons. The standard InChI is InChI=1S/C11H20ClN3S/c1-4-6-15-11(9(12)7-14-15)10(8-16-3)13-5-2/h7,10,13H,4-6,8H2,1-3H3. The molecule has 0 aromatic carbocycles. The largest absolute Gasteiger partial charge is 0.308 e. The molecule has 1 aromatic rings. The summed E-state index contributed by atoms with van der Waals surface area (Å²) in [5, 5.41) is 8.56. The summed E-state index contributed by atoms with van der Waals surface area (Å²) < 4.78 is 2.02. The van der Waals surface area contributed by atoms with Crippen molar-refractivity contribution in [2.24, 2.45) is 0 Å². The van der Waals surface area contributed by atoms with E-state index in [2.05, 4.69) is 30.5 Å². The van der Waals surface area contributed by atoms with Crippen molar-refractivity contribution < 1.29 is 0 Å². The van der Waals surface area contributed by atoms with Crippen molar-refractivity contribution in [1.82, 2.24) is 15.1 Å². The van der Waals surface area contributed by atoms with E-state index in [-0.39, 0.29) is 0 Å². The van der Waals surface area contributed by atoms with E-state index in [1.807, 2.05) is 16.4 Å². The third kappa shape index (κ3) is 3.40. The molecule has 3 nitrogen and oxygen atoms in total. The van der Waals surface area contributed by atoms with Gasteiger partial charge in [-0.3, -0.25) is 4.68 Å². The number of nitrogens with one attached hydrogen (secondary N) is 1. The van der Waals surface area contributed by atoms with Crippen molar-refractivity contribution in [3.05, 3.63) is 16.9 Å². The van der Waals surface area contributed by atoms with Crippen molar-refractivity contribution in [2.75, 3.05) is 18.6 Å². The molecule has 0 saturated heterocycles. The minimum absolute atomic E-state index is 0.293. The van der Waals surface area contributed by atoms with Crippen LogP contribution in [0.3, 0.4) is 0 Å². The Bertz CT molecular complexity index is 308. The molecule has 1 heterocycles. The molecule has 0 fully saturated rings. The lowest BCUT2D eigenvalue weighted by molar-refractivity contribution is 0.508. The Morgan fingerprint density at radius 2 is 2.31 bits per heavy atom. The molecule has 0 saturated carbocycles. The van der Waals surface area contributed by atoms with Crippen LogP contribution in [0.15, 0.2) is 6.20 Å². The van der Waals surface area contributed by atoms with Crippen LogP contribution in [0, 0.1) is 0 Å². The van der Waals surface area contributed by atoms with Crippen LogP contribution in [0.2, 0.25) is 5.02 Å². The van der Waals surface area contributed by atoms with E-state index in [1.165, 1.54) is 0 Å². The molecule has 1 unspecified atom stereocenters. The summed E-state index contributed by atoms with van der Waals surface area (Å²) in [7, 11) is 0. The predicted molar refractivity (Wildman–Crippen MR) is 72.3 cm³/mol. The lowest BCUT2D eigenvalue weighted by atomic mass is 10.2. The lowest BCUT2D eigenvalue weighted by Gasteiger charge is -2.19. The van der Waals surface area contributed by atoms with Crippen LogP contribution in [0.5, 0.6) is 0 Å². The van der Waals surface area contributed by atoms with E-state index >= 15 is 0 Å². The fourth-order valence-electron chi connectivity index (χ4n) is 1.76. The number of nitrogens with zero attached hydrogens (tertiary/aromatic N) is 2. The van der Waals surface area contributed by atoms with Crippen molar-refractivity contribution in [2.45, 2.75) is 32.9 Å². The first kappa shape index (κ1) is 13.9. The summed E-state index contributed by atoms with van der Waals surface area (Å²) >= 11 is 8.04. The van der Waals surface area contributed by atoms with Crippen molar-refractivity contribution in [3.63, 3.8) is 0 Å². The van der Waals surface area contributed by atoms with E-state index in [9.17, 15) is 0 Å². The molecule has 1 N–H and O–H groups in total. The van der Waals surface area contributed by atoms with Crippen LogP contribution in [-0.2, 0) is 6.54 Å². The maximum absolute atomic E-state index is 6.21. The summed E-state index contributed by atoms with van der Waals surface area (Å²) in [4.78, 5) is 0. The Morgan fingerprint density at radius 3 is 2.88 bits per heavy atom. The molecule has 16 heavy (non-hydrogen) atoms. The number of hydrogen-bond acceptors (Lipinski definition) is 3. The number of aromatic nitrogens is 2. The molecule has 0 aliphatic heterocycles. The summed E-state index contributed by atoms with van der Waals surface area (Å²) in [5.41, 5.74) is 1.12. The van der Waals surface area contributed by atoms with Crippen molar-refractivity contribution in [3.8, 4) is 0 Å². The molecule has 0 radical (unpaired) electrons. The predicted octanol–water partition coefficient (Wildman–Crippen LogP) is 2.96. The van der Waals surface area contributed by atoms with Crippen molar-refractivity contribution in [1.29, 1.82) is 0 Å². The van der Waals surface area contributed by atoms with Crippen LogP contribution in [0.1, 0.15) is 32.0 Å². The van der Waals surface area contributed by atoms with Gasteiger partial charge in [0.15, 0.2) is 0 Å². The van der Waals surface area contributed by atoms with Gasteiger partial charge < -0.3 is 5.32 Å². The van der Waals surface area contributed by atoms with E-state index in [0.29, 0.717) is 6.04 Å². The van der Waals surface area contributed by atoms with Gasteiger partial charge in [0.1, 0.15) is 0 Å². The molecule has 1 atom stereocenters. The maximum atomic E-state index is 6.21. The highest BCUT2D eigenvalue weighted by Crippen LogP contribution is 2.25. The number of hydrogen-bond donors (Lipinski definition) is 1. The Labute approximate surface area is 107 Å². The average molecular weight is 262 g/mol. The second-order valence-electron chi connectivity index (χ2n) is 3.67. The average Bonchev–Trinajstić information content (AvgIpc) is 2.60. The minimum Gasteiger partial charge on any atom is -0.308 e. The van der Waals surface area contributed by atoms with Gasteiger partial charge in [-0.15, -0.1) is 0 Å². The Kier molecular flexibility index (Phi) is 6.24. The van der Waals surface area contributed by atoms with Gasteiger partial charge >= 0.3 is 0 Å². The molecule has 0 spiro atoms. The normalized spacial score (nSPS) is 13.0. The summed E-state index contributed by atoms with van der Waals surface area (Å²) in [5.74, 6) is 1.02.